The monoisotopic (exact) mass is 796 g/mol. The van der Waals surface area contributed by atoms with Crippen LogP contribution in [0.1, 0.15) is 33.4 Å². The minimum atomic E-state index is -4.54. The van der Waals surface area contributed by atoms with Crippen LogP contribution in [0.4, 0.5) is 13.2 Å². The van der Waals surface area contributed by atoms with E-state index in [1.54, 1.807) is 37.3 Å². The van der Waals surface area contributed by atoms with Gasteiger partial charge in [-0.2, -0.15) is 23.7 Å². The van der Waals surface area contributed by atoms with Crippen molar-refractivity contribution >= 4 is 43.6 Å². The molecule has 0 atom stereocenters. The molecule has 8 aromatic carbocycles. The van der Waals surface area contributed by atoms with E-state index in [-0.39, 0.29) is 5.56 Å². The van der Waals surface area contributed by atoms with E-state index in [4.69, 9.17) is 0 Å². The Kier molecular flexibility index (Phi) is 8.68. The van der Waals surface area contributed by atoms with Gasteiger partial charge in [0, 0.05) is 27.1 Å². The summed E-state index contributed by atoms with van der Waals surface area (Å²) in [6.07, 6.45) is -4.54. The van der Waals surface area contributed by atoms with Crippen LogP contribution in [-0.2, 0) is 6.18 Å². The van der Waals surface area contributed by atoms with Crippen LogP contribution in [-0.4, -0.2) is 9.13 Å². The van der Waals surface area contributed by atoms with Gasteiger partial charge in [-0.3, -0.25) is 0 Å². The Morgan fingerprint density at radius 3 is 1.57 bits per heavy atom. The molecule has 0 spiro atoms. The van der Waals surface area contributed by atoms with Crippen molar-refractivity contribution in [3.8, 4) is 56.9 Å². The number of aryl methyl sites for hydroxylation is 3. The Bertz CT molecular complexity index is 3530. The van der Waals surface area contributed by atoms with Gasteiger partial charge in [0.1, 0.15) is 0 Å². The van der Waals surface area contributed by atoms with Crippen molar-refractivity contribution in [1.82, 2.24) is 9.13 Å². The Morgan fingerprint density at radius 1 is 0.443 bits per heavy atom. The molecule has 292 valence electrons. The maximum Gasteiger partial charge on any atom is 0.417 e. The number of fused-ring (bicyclic) bond motifs is 6. The lowest BCUT2D eigenvalue weighted by Crippen LogP contribution is -2.07. The van der Waals surface area contributed by atoms with Gasteiger partial charge in [0.25, 0.3) is 0 Å². The number of para-hydroxylation sites is 2. The van der Waals surface area contributed by atoms with Gasteiger partial charge in [-0.1, -0.05) is 102 Å². The Labute approximate surface area is 350 Å². The summed E-state index contributed by atoms with van der Waals surface area (Å²) in [5.41, 5.74) is 12.3. The average Bonchev–Trinajstić information content (AvgIpc) is 3.77. The third kappa shape index (κ3) is 6.13. The first-order chi connectivity index (χ1) is 29.5. The van der Waals surface area contributed by atoms with Crippen molar-refractivity contribution in [2.45, 2.75) is 26.9 Å². The second-order valence-electron chi connectivity index (χ2n) is 15.7. The SMILES string of the molecule is Cc1ccc(-c2ccc3c(c2)c2ccccc2n3-c2cc(-c3cccc(C#N)c3)c(C#N)cc2-n2c3ccccc3c3cc(-c4ccc(C)cc4C(F)(F)F)ccc32)c(C)c1. The van der Waals surface area contributed by atoms with Crippen molar-refractivity contribution in [3.05, 3.63) is 191 Å². The van der Waals surface area contributed by atoms with Gasteiger partial charge in [0.2, 0.25) is 0 Å². The molecule has 0 unspecified atom stereocenters. The number of nitriles is 2. The molecular weight excluding hydrogens is 762 g/mol. The second kappa shape index (κ2) is 14.2. The molecule has 0 saturated carbocycles. The van der Waals surface area contributed by atoms with Crippen LogP contribution in [0.5, 0.6) is 0 Å². The summed E-state index contributed by atoms with van der Waals surface area (Å²) in [6, 6.07) is 55.0. The molecule has 7 heteroatoms. The number of alkyl halides is 3. The number of aromatic nitrogens is 2. The van der Waals surface area contributed by atoms with Gasteiger partial charge >= 0.3 is 6.18 Å². The molecule has 0 saturated heterocycles. The average molecular weight is 797 g/mol. The number of nitrogens with zero attached hydrogens (tertiary/aromatic N) is 4. The summed E-state index contributed by atoms with van der Waals surface area (Å²) < 4.78 is 47.8. The van der Waals surface area contributed by atoms with E-state index in [0.717, 1.165) is 66.0 Å². The van der Waals surface area contributed by atoms with Crippen molar-refractivity contribution in [2.75, 3.05) is 0 Å². The van der Waals surface area contributed by atoms with E-state index in [1.807, 2.05) is 72.8 Å². The van der Waals surface area contributed by atoms with E-state index in [2.05, 4.69) is 83.7 Å². The zero-order valence-electron chi connectivity index (χ0n) is 33.4. The van der Waals surface area contributed by atoms with Gasteiger partial charge in [-0.15, -0.1) is 0 Å². The van der Waals surface area contributed by atoms with E-state index >= 15 is 0 Å². The van der Waals surface area contributed by atoms with Crippen LogP contribution in [0.2, 0.25) is 0 Å². The molecule has 61 heavy (non-hydrogen) atoms. The Balaban J connectivity index is 1.30. The summed E-state index contributed by atoms with van der Waals surface area (Å²) in [6.45, 7) is 5.89. The largest absolute Gasteiger partial charge is 0.417 e. The highest BCUT2D eigenvalue weighted by molar-refractivity contribution is 6.13. The fraction of sp³-hybridized carbons (Fsp3) is 0.0741. The quantitative estimate of drug-likeness (QED) is 0.174. The zero-order valence-corrected chi connectivity index (χ0v) is 33.4. The first-order valence-electron chi connectivity index (χ1n) is 19.9. The summed E-state index contributed by atoms with van der Waals surface area (Å²) in [5, 5.41) is 24.5. The Hall–Kier alpha value is -7.87. The lowest BCUT2D eigenvalue weighted by Gasteiger charge is -2.20. The van der Waals surface area contributed by atoms with E-state index in [9.17, 15) is 23.7 Å². The maximum absolute atomic E-state index is 14.5. The highest BCUT2D eigenvalue weighted by Crippen LogP contribution is 2.44. The minimum Gasteiger partial charge on any atom is -0.307 e. The minimum absolute atomic E-state index is 0.110. The van der Waals surface area contributed by atoms with Crippen LogP contribution in [0.3, 0.4) is 0 Å². The molecule has 0 amide bonds. The number of hydrogen-bond acceptors (Lipinski definition) is 2. The molecule has 2 heterocycles. The first-order valence-corrected chi connectivity index (χ1v) is 19.9. The third-order valence-electron chi connectivity index (χ3n) is 11.8. The van der Waals surface area contributed by atoms with Crippen LogP contribution >= 0.6 is 0 Å². The molecule has 0 aliphatic heterocycles. The van der Waals surface area contributed by atoms with Crippen molar-refractivity contribution in [3.63, 3.8) is 0 Å². The van der Waals surface area contributed by atoms with Crippen molar-refractivity contribution in [2.24, 2.45) is 0 Å². The molecule has 0 N–H and O–H groups in total. The lowest BCUT2D eigenvalue weighted by molar-refractivity contribution is -0.137. The van der Waals surface area contributed by atoms with Crippen LogP contribution in [0.25, 0.3) is 88.4 Å². The number of rotatable bonds is 5. The summed E-state index contributed by atoms with van der Waals surface area (Å²) in [7, 11) is 0. The molecule has 0 fully saturated rings. The summed E-state index contributed by atoms with van der Waals surface area (Å²) in [5.74, 6) is 0. The lowest BCUT2D eigenvalue weighted by atomic mass is 9.96. The van der Waals surface area contributed by atoms with E-state index in [0.29, 0.717) is 33.5 Å². The van der Waals surface area contributed by atoms with Crippen molar-refractivity contribution < 1.29 is 13.2 Å². The van der Waals surface area contributed by atoms with Crippen LogP contribution in [0.15, 0.2) is 158 Å². The van der Waals surface area contributed by atoms with Gasteiger partial charge in [-0.05, 0) is 121 Å². The number of hydrogen-bond donors (Lipinski definition) is 0. The smallest absolute Gasteiger partial charge is 0.307 e. The molecule has 10 aromatic rings. The molecule has 10 rings (SSSR count). The zero-order chi connectivity index (χ0) is 42.2. The maximum atomic E-state index is 14.5. The van der Waals surface area contributed by atoms with Gasteiger partial charge in [0.05, 0.1) is 62.3 Å². The Morgan fingerprint density at radius 2 is 0.984 bits per heavy atom. The molecule has 0 aliphatic carbocycles. The van der Waals surface area contributed by atoms with Gasteiger partial charge < -0.3 is 9.13 Å². The fourth-order valence-corrected chi connectivity index (χ4v) is 9.10. The number of halogens is 3. The topological polar surface area (TPSA) is 57.4 Å². The third-order valence-corrected chi connectivity index (χ3v) is 11.8. The van der Waals surface area contributed by atoms with Crippen LogP contribution in [0, 0.1) is 43.4 Å². The van der Waals surface area contributed by atoms with Gasteiger partial charge in [-0.25, -0.2) is 0 Å². The van der Waals surface area contributed by atoms with Gasteiger partial charge in [0.15, 0.2) is 0 Å². The van der Waals surface area contributed by atoms with E-state index in [1.165, 1.54) is 17.2 Å². The molecule has 0 aliphatic rings. The summed E-state index contributed by atoms with van der Waals surface area (Å²) >= 11 is 0. The molecule has 0 radical (unpaired) electrons. The first kappa shape index (κ1) is 37.4. The van der Waals surface area contributed by atoms with Crippen molar-refractivity contribution in [1.29, 1.82) is 10.5 Å². The van der Waals surface area contributed by atoms with E-state index < -0.39 is 11.7 Å². The summed E-state index contributed by atoms with van der Waals surface area (Å²) in [4.78, 5) is 0. The standard InChI is InChI=1S/C54H35F3N4/c1-32-15-19-40(34(3)23-32)37-17-21-51-45(26-37)42-11-5-7-14-49(42)61(51)53-29-44(36-10-8-9-35(25-36)30-58)39(31-59)28-52(53)60-48-13-6-4-12-43(48)46-27-38(18-22-50(46)60)41-20-16-33(2)24-47(41)54(55,56)57/h4-29H,1-3H3. The fourth-order valence-electron chi connectivity index (χ4n) is 9.10. The molecule has 4 nitrogen and oxygen atoms in total. The second-order valence-corrected chi connectivity index (χ2v) is 15.7. The van der Waals surface area contributed by atoms with Crippen LogP contribution < -0.4 is 0 Å². The number of benzene rings is 8. The predicted octanol–water partition coefficient (Wildman–Crippen LogP) is 14.6. The normalized spacial score (nSPS) is 11.7. The predicted molar refractivity (Wildman–Crippen MR) is 240 cm³/mol. The molecular formula is C54H35F3N4. The molecule has 2 aromatic heterocycles. The highest BCUT2D eigenvalue weighted by atomic mass is 19.4. The molecule has 0 bridgehead atoms. The highest BCUT2D eigenvalue weighted by Gasteiger charge is 2.34.